The lowest BCUT2D eigenvalue weighted by Gasteiger charge is -2.12. The zero-order valence-corrected chi connectivity index (χ0v) is 9.06. The molecule has 0 saturated heterocycles. The maximum absolute atomic E-state index is 12.3. The first kappa shape index (κ1) is 12.5. The van der Waals surface area contributed by atoms with E-state index < -0.39 is 12.7 Å². The van der Waals surface area contributed by atoms with Crippen molar-refractivity contribution >= 4 is 5.78 Å². The topological polar surface area (TPSA) is 22.0 Å². The molecule has 0 aromatic carbocycles. The number of rotatable bonds is 3. The van der Waals surface area contributed by atoms with Crippen LogP contribution in [0.15, 0.2) is 18.7 Å². The summed E-state index contributed by atoms with van der Waals surface area (Å²) in [5, 5.41) is 0. The molecule has 0 fully saturated rings. The number of carbonyl (C=O) groups excluding carboxylic acids is 1. The van der Waals surface area contributed by atoms with Gasteiger partial charge in [-0.15, -0.1) is 0 Å². The van der Waals surface area contributed by atoms with Gasteiger partial charge in [0.2, 0.25) is 0 Å². The quantitative estimate of drug-likeness (QED) is 0.579. The molecule has 0 aliphatic rings. The van der Waals surface area contributed by atoms with Crippen LogP contribution >= 0.6 is 0 Å². The van der Waals surface area contributed by atoms with Crippen LogP contribution < -0.4 is 0 Å². The number of carbonyl (C=O) groups is 1. The summed E-state index contributed by atoms with van der Waals surface area (Å²) in [6.07, 6.45) is -3.19. The molecule has 16 heavy (non-hydrogen) atoms. The van der Waals surface area contributed by atoms with Gasteiger partial charge in [-0.05, 0) is 26.0 Å². The molecule has 0 aliphatic carbocycles. The van der Waals surface area contributed by atoms with Crippen LogP contribution in [0.1, 0.15) is 21.7 Å². The Labute approximate surface area is 91.4 Å². The van der Waals surface area contributed by atoms with Gasteiger partial charge in [-0.2, -0.15) is 13.2 Å². The number of aromatic nitrogens is 1. The van der Waals surface area contributed by atoms with E-state index in [1.165, 1.54) is 13.0 Å². The standard InChI is InChI=1S/C11H12F3NO/c1-4-10(16)9-5-7(2)15(8(9)3)6-11(12,13)14/h4-5H,1,6H2,2-3H3. The van der Waals surface area contributed by atoms with Crippen LogP contribution in [-0.2, 0) is 6.54 Å². The van der Waals surface area contributed by atoms with Crippen LogP contribution in [0.5, 0.6) is 0 Å². The van der Waals surface area contributed by atoms with Crippen molar-refractivity contribution in [3.8, 4) is 0 Å². The average molecular weight is 231 g/mol. The van der Waals surface area contributed by atoms with Gasteiger partial charge in [0.15, 0.2) is 5.78 Å². The summed E-state index contributed by atoms with van der Waals surface area (Å²) in [4.78, 5) is 11.4. The highest BCUT2D eigenvalue weighted by atomic mass is 19.4. The molecule has 0 atom stereocenters. The van der Waals surface area contributed by atoms with E-state index in [9.17, 15) is 18.0 Å². The van der Waals surface area contributed by atoms with Crippen LogP contribution in [0.25, 0.3) is 0 Å². The van der Waals surface area contributed by atoms with E-state index in [0.29, 0.717) is 11.4 Å². The summed E-state index contributed by atoms with van der Waals surface area (Å²) >= 11 is 0. The molecule has 0 bridgehead atoms. The molecule has 0 unspecified atom stereocenters. The van der Waals surface area contributed by atoms with Crippen molar-refractivity contribution < 1.29 is 18.0 Å². The second kappa shape index (κ2) is 4.15. The predicted molar refractivity (Wildman–Crippen MR) is 54.5 cm³/mol. The molecule has 1 aromatic heterocycles. The average Bonchev–Trinajstić information content (AvgIpc) is 2.42. The number of aryl methyl sites for hydroxylation is 1. The molecular weight excluding hydrogens is 219 g/mol. The lowest BCUT2D eigenvalue weighted by Crippen LogP contribution is -2.19. The van der Waals surface area contributed by atoms with E-state index in [-0.39, 0.29) is 11.3 Å². The normalized spacial score (nSPS) is 11.6. The molecule has 0 aliphatic heterocycles. The van der Waals surface area contributed by atoms with Crippen molar-refractivity contribution in [2.75, 3.05) is 0 Å². The molecule has 5 heteroatoms. The molecule has 1 rings (SSSR count). The van der Waals surface area contributed by atoms with Crippen molar-refractivity contribution in [3.63, 3.8) is 0 Å². The fraction of sp³-hybridized carbons (Fsp3) is 0.364. The maximum atomic E-state index is 12.3. The number of nitrogens with zero attached hydrogens (tertiary/aromatic N) is 1. The van der Waals surface area contributed by atoms with Gasteiger partial charge in [-0.25, -0.2) is 0 Å². The molecular formula is C11H12F3NO. The third kappa shape index (κ3) is 2.53. The largest absolute Gasteiger partial charge is 0.406 e. The minimum atomic E-state index is -4.29. The van der Waals surface area contributed by atoms with Gasteiger partial charge >= 0.3 is 6.18 Å². The Morgan fingerprint density at radius 1 is 1.50 bits per heavy atom. The first-order valence-corrected chi connectivity index (χ1v) is 4.66. The molecule has 0 spiro atoms. The van der Waals surface area contributed by atoms with Gasteiger partial charge in [0, 0.05) is 17.0 Å². The highest BCUT2D eigenvalue weighted by Gasteiger charge is 2.30. The lowest BCUT2D eigenvalue weighted by molar-refractivity contribution is -0.141. The molecule has 0 saturated carbocycles. The Morgan fingerprint density at radius 2 is 2.06 bits per heavy atom. The monoisotopic (exact) mass is 231 g/mol. The Balaban J connectivity index is 3.17. The summed E-state index contributed by atoms with van der Waals surface area (Å²) in [5.41, 5.74) is 1.01. The molecule has 1 aromatic rings. The number of ketones is 1. The molecule has 88 valence electrons. The van der Waals surface area contributed by atoms with Gasteiger partial charge in [-0.1, -0.05) is 6.58 Å². The van der Waals surface area contributed by atoms with E-state index in [1.54, 1.807) is 6.92 Å². The highest BCUT2D eigenvalue weighted by Crippen LogP contribution is 2.23. The van der Waals surface area contributed by atoms with E-state index >= 15 is 0 Å². The molecule has 0 amide bonds. The number of halogens is 3. The second-order valence-corrected chi connectivity index (χ2v) is 3.55. The molecule has 1 heterocycles. The Hall–Kier alpha value is -1.52. The van der Waals surface area contributed by atoms with Crippen molar-refractivity contribution in [1.29, 1.82) is 0 Å². The van der Waals surface area contributed by atoms with E-state index in [4.69, 9.17) is 0 Å². The van der Waals surface area contributed by atoms with Crippen molar-refractivity contribution in [2.45, 2.75) is 26.6 Å². The van der Waals surface area contributed by atoms with Gasteiger partial charge in [0.05, 0.1) is 0 Å². The summed E-state index contributed by atoms with van der Waals surface area (Å²) in [7, 11) is 0. The highest BCUT2D eigenvalue weighted by molar-refractivity contribution is 6.05. The van der Waals surface area contributed by atoms with Crippen molar-refractivity contribution in [3.05, 3.63) is 35.7 Å². The third-order valence-corrected chi connectivity index (χ3v) is 2.36. The maximum Gasteiger partial charge on any atom is 0.406 e. The predicted octanol–water partition coefficient (Wildman–Crippen LogP) is 3.04. The van der Waals surface area contributed by atoms with Gasteiger partial charge < -0.3 is 4.57 Å². The van der Waals surface area contributed by atoms with Crippen LogP contribution in [0, 0.1) is 13.8 Å². The van der Waals surface area contributed by atoms with E-state index in [0.717, 1.165) is 10.6 Å². The fourth-order valence-corrected chi connectivity index (χ4v) is 1.58. The number of allylic oxidation sites excluding steroid dienone is 1. The summed E-state index contributed by atoms with van der Waals surface area (Å²) in [6.45, 7) is 5.27. The second-order valence-electron chi connectivity index (χ2n) is 3.55. The first-order chi connectivity index (χ1) is 7.26. The van der Waals surface area contributed by atoms with E-state index in [1.807, 2.05) is 0 Å². The minimum absolute atomic E-state index is 0.275. The smallest absolute Gasteiger partial charge is 0.339 e. The van der Waals surface area contributed by atoms with Crippen LogP contribution in [0.3, 0.4) is 0 Å². The Bertz CT molecular complexity index is 429. The van der Waals surface area contributed by atoms with Gasteiger partial charge in [0.1, 0.15) is 6.54 Å². The lowest BCUT2D eigenvalue weighted by atomic mass is 10.1. The number of hydrogen-bond donors (Lipinski definition) is 0. The van der Waals surface area contributed by atoms with Gasteiger partial charge in [-0.3, -0.25) is 4.79 Å². The SMILES string of the molecule is C=CC(=O)c1cc(C)n(CC(F)(F)F)c1C. The molecule has 0 radical (unpaired) electrons. The first-order valence-electron chi connectivity index (χ1n) is 4.66. The zero-order chi connectivity index (χ0) is 12.5. The third-order valence-electron chi connectivity index (χ3n) is 2.36. The molecule has 0 N–H and O–H groups in total. The fourth-order valence-electron chi connectivity index (χ4n) is 1.58. The Morgan fingerprint density at radius 3 is 2.50 bits per heavy atom. The van der Waals surface area contributed by atoms with Crippen molar-refractivity contribution in [2.24, 2.45) is 0 Å². The van der Waals surface area contributed by atoms with Crippen molar-refractivity contribution in [1.82, 2.24) is 4.57 Å². The summed E-state index contributed by atoms with van der Waals surface area (Å²) in [5.74, 6) is -0.360. The summed E-state index contributed by atoms with van der Waals surface area (Å²) < 4.78 is 37.9. The number of alkyl halides is 3. The van der Waals surface area contributed by atoms with Gasteiger partial charge in [0.25, 0.3) is 0 Å². The summed E-state index contributed by atoms with van der Waals surface area (Å²) in [6, 6.07) is 1.45. The van der Waals surface area contributed by atoms with Crippen LogP contribution in [-0.4, -0.2) is 16.5 Å². The zero-order valence-electron chi connectivity index (χ0n) is 9.06. The minimum Gasteiger partial charge on any atom is -0.339 e. The Kier molecular flexibility index (Phi) is 3.26. The number of hydrogen-bond acceptors (Lipinski definition) is 1. The van der Waals surface area contributed by atoms with Crippen LogP contribution in [0.4, 0.5) is 13.2 Å². The van der Waals surface area contributed by atoms with E-state index in [2.05, 4.69) is 6.58 Å². The van der Waals surface area contributed by atoms with Crippen LogP contribution in [0.2, 0.25) is 0 Å². The molecule has 2 nitrogen and oxygen atoms in total.